The smallest absolute Gasteiger partial charge is 0.231 e. The third-order valence-electron chi connectivity index (χ3n) is 4.19. The first kappa shape index (κ1) is 16.7. The van der Waals surface area contributed by atoms with Gasteiger partial charge in [0.1, 0.15) is 5.75 Å². The Bertz CT molecular complexity index is 759. The first-order valence-electron chi connectivity index (χ1n) is 8.14. The van der Waals surface area contributed by atoms with E-state index in [-0.39, 0.29) is 24.2 Å². The van der Waals surface area contributed by atoms with Crippen molar-refractivity contribution in [1.82, 2.24) is 9.88 Å². The van der Waals surface area contributed by atoms with Crippen LogP contribution in [0.15, 0.2) is 18.2 Å². The molecule has 1 aromatic carbocycles. The molecule has 2 aromatic rings. The molecule has 0 radical (unpaired) electrons. The normalized spacial score (nSPS) is 17.5. The molecule has 2 heterocycles. The van der Waals surface area contributed by atoms with E-state index in [1.54, 1.807) is 12.0 Å². The predicted molar refractivity (Wildman–Crippen MR) is 94.4 cm³/mol. The van der Waals surface area contributed by atoms with Crippen molar-refractivity contribution in [1.29, 1.82) is 0 Å². The van der Waals surface area contributed by atoms with Crippen LogP contribution in [0.25, 0.3) is 10.2 Å². The lowest BCUT2D eigenvalue weighted by atomic mass is 10.1. The molecule has 24 heavy (non-hydrogen) atoms. The van der Waals surface area contributed by atoms with Crippen LogP contribution in [0.3, 0.4) is 0 Å². The molecule has 2 amide bonds. The summed E-state index contributed by atoms with van der Waals surface area (Å²) in [7, 11) is 1.62. The van der Waals surface area contributed by atoms with Crippen LogP contribution in [0.4, 0.5) is 5.13 Å². The standard InChI is InChI=1S/C17H21N3O3S/c1-3-4-7-20-10-11(8-15(20)21)16(22)19-17-18-13-6-5-12(23-2)9-14(13)24-17/h5-6,9,11H,3-4,7-8,10H2,1-2H3,(H,18,19,22)/t11-/m1/s1. The molecule has 7 heteroatoms. The third kappa shape index (κ3) is 3.51. The lowest BCUT2D eigenvalue weighted by Crippen LogP contribution is -2.29. The van der Waals surface area contributed by atoms with E-state index in [0.717, 1.165) is 35.4 Å². The number of thiazole rings is 1. The van der Waals surface area contributed by atoms with Crippen LogP contribution >= 0.6 is 11.3 Å². The minimum atomic E-state index is -0.295. The van der Waals surface area contributed by atoms with Crippen LogP contribution in [-0.4, -0.2) is 41.9 Å². The number of rotatable bonds is 6. The van der Waals surface area contributed by atoms with Gasteiger partial charge >= 0.3 is 0 Å². The second-order valence-corrected chi connectivity index (χ2v) is 6.97. The van der Waals surface area contributed by atoms with E-state index >= 15 is 0 Å². The number of hydrogen-bond donors (Lipinski definition) is 1. The fourth-order valence-electron chi connectivity index (χ4n) is 2.81. The number of aromatic nitrogens is 1. The average molecular weight is 347 g/mol. The molecule has 3 rings (SSSR count). The largest absolute Gasteiger partial charge is 0.497 e. The van der Waals surface area contributed by atoms with Gasteiger partial charge in [0.05, 0.1) is 23.2 Å². The number of hydrogen-bond acceptors (Lipinski definition) is 5. The first-order chi connectivity index (χ1) is 11.6. The summed E-state index contributed by atoms with van der Waals surface area (Å²) >= 11 is 1.41. The maximum absolute atomic E-state index is 12.4. The lowest BCUT2D eigenvalue weighted by molar-refractivity contribution is -0.128. The van der Waals surface area contributed by atoms with E-state index in [1.807, 2.05) is 18.2 Å². The minimum Gasteiger partial charge on any atom is -0.497 e. The maximum Gasteiger partial charge on any atom is 0.231 e. The molecule has 0 bridgehead atoms. The highest BCUT2D eigenvalue weighted by atomic mass is 32.1. The van der Waals surface area contributed by atoms with Crippen LogP contribution in [-0.2, 0) is 9.59 Å². The van der Waals surface area contributed by atoms with Crippen molar-refractivity contribution < 1.29 is 14.3 Å². The quantitative estimate of drug-likeness (QED) is 0.872. The highest BCUT2D eigenvalue weighted by Crippen LogP contribution is 2.30. The van der Waals surface area contributed by atoms with Crippen molar-refractivity contribution in [3.05, 3.63) is 18.2 Å². The fourth-order valence-corrected chi connectivity index (χ4v) is 3.70. The molecule has 0 saturated carbocycles. The van der Waals surface area contributed by atoms with Gasteiger partial charge < -0.3 is 15.0 Å². The van der Waals surface area contributed by atoms with Gasteiger partial charge in [-0.25, -0.2) is 4.98 Å². The van der Waals surface area contributed by atoms with Gasteiger partial charge in [0.15, 0.2) is 5.13 Å². The predicted octanol–water partition coefficient (Wildman–Crippen LogP) is 2.89. The highest BCUT2D eigenvalue weighted by Gasteiger charge is 2.34. The van der Waals surface area contributed by atoms with Crippen molar-refractivity contribution >= 4 is 38.5 Å². The number of methoxy groups -OCH3 is 1. The number of anilines is 1. The Hall–Kier alpha value is -2.15. The molecule has 128 valence electrons. The number of fused-ring (bicyclic) bond motifs is 1. The Morgan fingerprint density at radius 1 is 1.50 bits per heavy atom. The molecule has 1 fully saturated rings. The highest BCUT2D eigenvalue weighted by molar-refractivity contribution is 7.22. The Labute approximate surface area is 144 Å². The number of nitrogens with zero attached hydrogens (tertiary/aromatic N) is 2. The van der Waals surface area contributed by atoms with Gasteiger partial charge in [-0.3, -0.25) is 9.59 Å². The Morgan fingerprint density at radius 2 is 2.33 bits per heavy atom. The number of unbranched alkanes of at least 4 members (excludes halogenated alkanes) is 1. The average Bonchev–Trinajstić information content (AvgIpc) is 3.14. The molecule has 0 unspecified atom stereocenters. The van der Waals surface area contributed by atoms with Crippen molar-refractivity contribution in [2.24, 2.45) is 5.92 Å². The number of nitrogens with one attached hydrogen (secondary N) is 1. The Balaban J connectivity index is 1.65. The van der Waals surface area contributed by atoms with E-state index in [9.17, 15) is 9.59 Å². The number of benzene rings is 1. The number of carbonyl (C=O) groups excluding carboxylic acids is 2. The van der Waals surface area contributed by atoms with Gasteiger partial charge in [0.2, 0.25) is 11.8 Å². The number of likely N-dealkylation sites (tertiary alicyclic amines) is 1. The summed E-state index contributed by atoms with van der Waals surface area (Å²) in [5.41, 5.74) is 0.822. The molecule has 0 spiro atoms. The van der Waals surface area contributed by atoms with Gasteiger partial charge in [0.25, 0.3) is 0 Å². The number of amides is 2. The zero-order chi connectivity index (χ0) is 17.1. The van der Waals surface area contributed by atoms with Gasteiger partial charge in [-0.2, -0.15) is 0 Å². The number of carbonyl (C=O) groups is 2. The molecule has 0 aliphatic carbocycles. The van der Waals surface area contributed by atoms with E-state index in [4.69, 9.17) is 4.74 Å². The van der Waals surface area contributed by atoms with Crippen LogP contribution in [0.1, 0.15) is 26.2 Å². The minimum absolute atomic E-state index is 0.0673. The van der Waals surface area contributed by atoms with Crippen LogP contribution in [0, 0.1) is 5.92 Å². The molecule has 1 atom stereocenters. The van der Waals surface area contributed by atoms with Gasteiger partial charge in [-0.15, -0.1) is 0 Å². The van der Waals surface area contributed by atoms with E-state index < -0.39 is 0 Å². The summed E-state index contributed by atoms with van der Waals surface area (Å²) < 4.78 is 6.15. The molecule has 1 aliphatic rings. The SMILES string of the molecule is CCCCN1C[C@H](C(=O)Nc2nc3ccc(OC)cc3s2)CC1=O. The fraction of sp³-hybridized carbons (Fsp3) is 0.471. The van der Waals surface area contributed by atoms with E-state index in [2.05, 4.69) is 17.2 Å². The van der Waals surface area contributed by atoms with Crippen LogP contribution in [0.2, 0.25) is 0 Å². The van der Waals surface area contributed by atoms with E-state index in [1.165, 1.54) is 11.3 Å². The monoisotopic (exact) mass is 347 g/mol. The van der Waals surface area contributed by atoms with Crippen molar-refractivity contribution in [2.45, 2.75) is 26.2 Å². The topological polar surface area (TPSA) is 71.5 Å². The molecule has 1 aromatic heterocycles. The van der Waals surface area contributed by atoms with Gasteiger partial charge in [-0.05, 0) is 24.6 Å². The van der Waals surface area contributed by atoms with Gasteiger partial charge in [0, 0.05) is 19.5 Å². The summed E-state index contributed by atoms with van der Waals surface area (Å²) in [4.78, 5) is 30.6. The zero-order valence-corrected chi connectivity index (χ0v) is 14.7. The molecule has 6 nitrogen and oxygen atoms in total. The molecular weight excluding hydrogens is 326 g/mol. The van der Waals surface area contributed by atoms with Crippen LogP contribution < -0.4 is 10.1 Å². The molecule has 1 aliphatic heterocycles. The molecule has 1 N–H and O–H groups in total. The van der Waals surface area contributed by atoms with Crippen molar-refractivity contribution in [3.63, 3.8) is 0 Å². The zero-order valence-electron chi connectivity index (χ0n) is 13.9. The third-order valence-corrected chi connectivity index (χ3v) is 5.13. The van der Waals surface area contributed by atoms with Crippen molar-refractivity contribution in [3.8, 4) is 5.75 Å². The summed E-state index contributed by atoms with van der Waals surface area (Å²) in [5, 5.41) is 3.41. The summed E-state index contributed by atoms with van der Waals surface area (Å²) in [6, 6.07) is 5.61. The van der Waals surface area contributed by atoms with Gasteiger partial charge in [-0.1, -0.05) is 24.7 Å². The van der Waals surface area contributed by atoms with Crippen LogP contribution in [0.5, 0.6) is 5.75 Å². The molecular formula is C17H21N3O3S. The number of ether oxygens (including phenoxy) is 1. The lowest BCUT2D eigenvalue weighted by Gasteiger charge is -2.15. The Kier molecular flexibility index (Phi) is 4.99. The Morgan fingerprint density at radius 3 is 3.08 bits per heavy atom. The first-order valence-corrected chi connectivity index (χ1v) is 8.95. The summed E-state index contributed by atoms with van der Waals surface area (Å²) in [6.45, 7) is 3.33. The van der Waals surface area contributed by atoms with E-state index in [0.29, 0.717) is 11.7 Å². The van der Waals surface area contributed by atoms with Crippen molar-refractivity contribution in [2.75, 3.05) is 25.5 Å². The second kappa shape index (κ2) is 7.17. The second-order valence-electron chi connectivity index (χ2n) is 5.94. The maximum atomic E-state index is 12.4. The summed E-state index contributed by atoms with van der Waals surface area (Å²) in [6.07, 6.45) is 2.30. The summed E-state index contributed by atoms with van der Waals surface area (Å²) in [5.74, 6) is 0.402. The molecule has 1 saturated heterocycles.